The molecule has 0 aromatic heterocycles. The Morgan fingerprint density at radius 2 is 1.95 bits per heavy atom. The number of aliphatic imine (C=N–C) groups is 1. The van der Waals surface area contributed by atoms with E-state index in [1.807, 2.05) is 7.05 Å². The van der Waals surface area contributed by atoms with Crippen molar-refractivity contribution in [1.82, 2.24) is 15.5 Å². The fourth-order valence-electron chi connectivity index (χ4n) is 1.81. The van der Waals surface area contributed by atoms with Crippen molar-refractivity contribution in [2.75, 3.05) is 34.2 Å². The summed E-state index contributed by atoms with van der Waals surface area (Å²) in [4.78, 5) is 6.40. The summed E-state index contributed by atoms with van der Waals surface area (Å²) in [5.41, 5.74) is 1.36. The molecule has 0 amide bonds. The van der Waals surface area contributed by atoms with Gasteiger partial charge in [0.15, 0.2) is 5.96 Å². The Morgan fingerprint density at radius 3 is 2.53 bits per heavy atom. The number of benzene rings is 1. The minimum absolute atomic E-state index is 0. The third-order valence-corrected chi connectivity index (χ3v) is 2.76. The van der Waals surface area contributed by atoms with Gasteiger partial charge in [0.05, 0.1) is 0 Å². The van der Waals surface area contributed by atoms with Gasteiger partial charge in [-0.25, -0.2) is 0 Å². The van der Waals surface area contributed by atoms with Crippen LogP contribution >= 0.6 is 24.0 Å². The zero-order valence-electron chi connectivity index (χ0n) is 12.0. The number of nitrogens with zero attached hydrogens (tertiary/aromatic N) is 2. The fourth-order valence-corrected chi connectivity index (χ4v) is 1.81. The highest BCUT2D eigenvalue weighted by Gasteiger charge is 2.00. The van der Waals surface area contributed by atoms with Gasteiger partial charge < -0.3 is 15.5 Å². The van der Waals surface area contributed by atoms with Crippen LogP contribution in [0.4, 0.5) is 0 Å². The third-order valence-electron chi connectivity index (χ3n) is 2.76. The molecule has 1 rings (SSSR count). The van der Waals surface area contributed by atoms with Gasteiger partial charge in [0.2, 0.25) is 0 Å². The third kappa shape index (κ3) is 8.05. The zero-order chi connectivity index (χ0) is 13.2. The molecule has 2 N–H and O–H groups in total. The van der Waals surface area contributed by atoms with Crippen LogP contribution in [0.1, 0.15) is 12.0 Å². The molecule has 19 heavy (non-hydrogen) atoms. The molecule has 1 aromatic carbocycles. The Bertz CT molecular complexity index is 354. The van der Waals surface area contributed by atoms with E-state index in [9.17, 15) is 0 Å². The molecular weight excluding hydrogens is 351 g/mol. The molecule has 0 radical (unpaired) electrons. The van der Waals surface area contributed by atoms with Crippen molar-refractivity contribution in [2.45, 2.75) is 13.0 Å². The van der Waals surface area contributed by atoms with Crippen molar-refractivity contribution in [2.24, 2.45) is 4.99 Å². The minimum atomic E-state index is 0. The van der Waals surface area contributed by atoms with Gasteiger partial charge in [-0.05, 0) is 25.6 Å². The second-order valence-corrected chi connectivity index (χ2v) is 4.33. The van der Waals surface area contributed by atoms with Crippen LogP contribution in [0.5, 0.6) is 0 Å². The normalized spacial score (nSPS) is 11.1. The largest absolute Gasteiger partial charge is 0.359 e. The lowest BCUT2D eigenvalue weighted by Crippen LogP contribution is -2.36. The number of hydrogen-bond acceptors (Lipinski definition) is 2. The van der Waals surface area contributed by atoms with Crippen LogP contribution in [0.3, 0.4) is 0 Å². The molecule has 0 spiro atoms. The van der Waals surface area contributed by atoms with E-state index in [-0.39, 0.29) is 24.0 Å². The SMILES string of the molecule is CN=C(NC)NCCCN(C)Cc1ccccc1.I. The van der Waals surface area contributed by atoms with Gasteiger partial charge in [-0.1, -0.05) is 30.3 Å². The number of nitrogens with one attached hydrogen (secondary N) is 2. The van der Waals surface area contributed by atoms with Crippen molar-refractivity contribution in [1.29, 1.82) is 0 Å². The highest BCUT2D eigenvalue weighted by molar-refractivity contribution is 14.0. The summed E-state index contributed by atoms with van der Waals surface area (Å²) in [6.07, 6.45) is 1.10. The predicted octanol–water partition coefficient (Wildman–Crippen LogP) is 1.92. The van der Waals surface area contributed by atoms with Crippen molar-refractivity contribution in [3.05, 3.63) is 35.9 Å². The van der Waals surface area contributed by atoms with Crippen molar-refractivity contribution >= 4 is 29.9 Å². The average Bonchev–Trinajstić information content (AvgIpc) is 2.40. The van der Waals surface area contributed by atoms with Gasteiger partial charge in [-0.15, -0.1) is 24.0 Å². The van der Waals surface area contributed by atoms with Crippen molar-refractivity contribution in [3.63, 3.8) is 0 Å². The summed E-state index contributed by atoms with van der Waals surface area (Å²) in [7, 11) is 5.80. The Labute approximate surface area is 133 Å². The number of rotatable bonds is 6. The van der Waals surface area contributed by atoms with E-state index in [0.29, 0.717) is 0 Å². The molecule has 0 atom stereocenters. The fraction of sp³-hybridized carbons (Fsp3) is 0.500. The summed E-state index contributed by atoms with van der Waals surface area (Å²) < 4.78 is 0. The quantitative estimate of drug-likeness (QED) is 0.345. The Hall–Kier alpha value is -0.820. The molecular formula is C14H25IN4. The van der Waals surface area contributed by atoms with E-state index in [1.165, 1.54) is 5.56 Å². The number of halogens is 1. The highest BCUT2D eigenvalue weighted by atomic mass is 127. The Kier molecular flexibility index (Phi) is 10.6. The van der Waals surface area contributed by atoms with Crippen LogP contribution in [0.25, 0.3) is 0 Å². The van der Waals surface area contributed by atoms with Crippen LogP contribution in [-0.4, -0.2) is 45.1 Å². The smallest absolute Gasteiger partial charge is 0.190 e. The molecule has 0 saturated heterocycles. The maximum absolute atomic E-state index is 4.07. The minimum Gasteiger partial charge on any atom is -0.359 e. The lowest BCUT2D eigenvalue weighted by molar-refractivity contribution is 0.322. The van der Waals surface area contributed by atoms with Gasteiger partial charge in [0.1, 0.15) is 0 Å². The van der Waals surface area contributed by atoms with E-state index < -0.39 is 0 Å². The molecule has 0 fully saturated rings. The summed E-state index contributed by atoms with van der Waals surface area (Å²) in [5, 5.41) is 6.26. The van der Waals surface area contributed by atoms with E-state index >= 15 is 0 Å². The highest BCUT2D eigenvalue weighted by Crippen LogP contribution is 2.02. The summed E-state index contributed by atoms with van der Waals surface area (Å²) in [6.45, 7) is 3.01. The lowest BCUT2D eigenvalue weighted by Gasteiger charge is -2.17. The Balaban J connectivity index is 0.00000324. The number of guanidine groups is 1. The average molecular weight is 376 g/mol. The van der Waals surface area contributed by atoms with Crippen LogP contribution in [0, 0.1) is 0 Å². The summed E-state index contributed by atoms with van der Waals surface area (Å²) in [5.74, 6) is 0.848. The lowest BCUT2D eigenvalue weighted by atomic mass is 10.2. The first-order valence-corrected chi connectivity index (χ1v) is 6.37. The van der Waals surface area contributed by atoms with Gasteiger partial charge in [0, 0.05) is 27.2 Å². The number of hydrogen-bond donors (Lipinski definition) is 2. The molecule has 0 aliphatic carbocycles. The molecule has 1 aromatic rings. The summed E-state index contributed by atoms with van der Waals surface area (Å²) in [6, 6.07) is 10.6. The van der Waals surface area contributed by atoms with E-state index in [1.54, 1.807) is 7.05 Å². The van der Waals surface area contributed by atoms with Crippen molar-refractivity contribution in [3.8, 4) is 0 Å². The Morgan fingerprint density at radius 1 is 1.26 bits per heavy atom. The second kappa shape index (κ2) is 11.0. The topological polar surface area (TPSA) is 39.7 Å². The van der Waals surface area contributed by atoms with Crippen LogP contribution in [0.15, 0.2) is 35.3 Å². The van der Waals surface area contributed by atoms with E-state index in [4.69, 9.17) is 0 Å². The van der Waals surface area contributed by atoms with Gasteiger partial charge in [-0.2, -0.15) is 0 Å². The van der Waals surface area contributed by atoms with Gasteiger partial charge >= 0.3 is 0 Å². The molecule has 108 valence electrons. The molecule has 0 unspecified atom stereocenters. The first kappa shape index (κ1) is 18.2. The zero-order valence-corrected chi connectivity index (χ0v) is 14.3. The molecule has 0 saturated carbocycles. The van der Waals surface area contributed by atoms with Gasteiger partial charge in [-0.3, -0.25) is 4.99 Å². The molecule has 0 aliphatic heterocycles. The van der Waals surface area contributed by atoms with Crippen LogP contribution in [0.2, 0.25) is 0 Å². The first-order chi connectivity index (χ1) is 8.76. The molecule has 5 heteroatoms. The van der Waals surface area contributed by atoms with Crippen LogP contribution in [-0.2, 0) is 6.54 Å². The van der Waals surface area contributed by atoms with Crippen LogP contribution < -0.4 is 10.6 Å². The molecule has 0 heterocycles. The van der Waals surface area contributed by atoms with E-state index in [2.05, 4.69) is 57.9 Å². The van der Waals surface area contributed by atoms with E-state index in [0.717, 1.165) is 32.0 Å². The maximum Gasteiger partial charge on any atom is 0.190 e. The molecule has 0 bridgehead atoms. The monoisotopic (exact) mass is 376 g/mol. The first-order valence-electron chi connectivity index (χ1n) is 6.37. The predicted molar refractivity (Wildman–Crippen MR) is 93.2 cm³/mol. The maximum atomic E-state index is 4.07. The summed E-state index contributed by atoms with van der Waals surface area (Å²) >= 11 is 0. The second-order valence-electron chi connectivity index (χ2n) is 4.33. The van der Waals surface area contributed by atoms with Gasteiger partial charge in [0.25, 0.3) is 0 Å². The standard InChI is InChI=1S/C14H24N4.HI/c1-15-14(16-2)17-10-7-11-18(3)12-13-8-5-4-6-9-13;/h4-6,8-9H,7,10-12H2,1-3H3,(H2,15,16,17);1H. The molecule has 4 nitrogen and oxygen atoms in total. The van der Waals surface area contributed by atoms with Crippen molar-refractivity contribution < 1.29 is 0 Å². The molecule has 0 aliphatic rings.